The Morgan fingerprint density at radius 3 is 1.69 bits per heavy atom. The molecule has 0 spiro atoms. The lowest BCUT2D eigenvalue weighted by atomic mass is 10.0. The largest absolute Gasteiger partial charge is 0.481 e. The molecule has 7 heteroatoms. The molecular formula is C6H8O7. The van der Waals surface area contributed by atoms with E-state index >= 15 is 0 Å². The molecule has 0 aromatic carbocycles. The number of carboxylic acid groups (broad SMARTS) is 3. The van der Waals surface area contributed by atoms with Crippen molar-refractivity contribution in [1.29, 1.82) is 0 Å². The second-order valence-electron chi connectivity index (χ2n) is 2.33. The van der Waals surface area contributed by atoms with Gasteiger partial charge < -0.3 is 20.4 Å². The van der Waals surface area contributed by atoms with E-state index < -0.39 is 36.4 Å². The standard InChI is InChI=1S/C6H8O7/c7-3(8)1-2(5(10)11)4(9)6(12)13/h2,4,9H,1H2,(H,7,8)(H,10,11)(H,12,13)/t2-,4+/m0/s1/i3+1. The molecule has 4 N–H and O–H groups in total. The number of aliphatic carboxylic acids is 3. The monoisotopic (exact) mass is 193 g/mol. The Labute approximate surface area is 72.2 Å². The summed E-state index contributed by atoms with van der Waals surface area (Å²) in [4.78, 5) is 30.5. The lowest BCUT2D eigenvalue weighted by Gasteiger charge is -2.12. The molecule has 0 fully saturated rings. The van der Waals surface area contributed by atoms with Crippen LogP contribution in [0.5, 0.6) is 0 Å². The zero-order valence-electron chi connectivity index (χ0n) is 6.38. The van der Waals surface area contributed by atoms with Gasteiger partial charge in [0.05, 0.1) is 6.42 Å². The summed E-state index contributed by atoms with van der Waals surface area (Å²) in [5, 5.41) is 33.5. The van der Waals surface area contributed by atoms with Gasteiger partial charge in [0.2, 0.25) is 0 Å². The topological polar surface area (TPSA) is 132 Å². The summed E-state index contributed by atoms with van der Waals surface area (Å²) in [5.74, 6) is -6.71. The van der Waals surface area contributed by atoms with Crippen LogP contribution in [0.25, 0.3) is 0 Å². The summed E-state index contributed by atoms with van der Waals surface area (Å²) in [6, 6.07) is 0. The molecule has 0 aromatic rings. The van der Waals surface area contributed by atoms with E-state index in [0.29, 0.717) is 0 Å². The highest BCUT2D eigenvalue weighted by atomic mass is 16.5. The van der Waals surface area contributed by atoms with Crippen molar-refractivity contribution in [1.82, 2.24) is 0 Å². The second-order valence-corrected chi connectivity index (χ2v) is 2.33. The van der Waals surface area contributed by atoms with Crippen LogP contribution < -0.4 is 0 Å². The fourth-order valence-electron chi connectivity index (χ4n) is 0.694. The van der Waals surface area contributed by atoms with E-state index in [4.69, 9.17) is 20.4 Å². The minimum absolute atomic E-state index is 0.928. The highest BCUT2D eigenvalue weighted by molar-refractivity contribution is 5.85. The quantitative estimate of drug-likeness (QED) is 0.395. The van der Waals surface area contributed by atoms with Gasteiger partial charge in [-0.15, -0.1) is 0 Å². The SMILES string of the molecule is O=C(O)[C@@H](C[13C](=O)O)[C@@H](O)C(=O)O. The first-order valence-electron chi connectivity index (χ1n) is 3.21. The number of carboxylic acids is 3. The van der Waals surface area contributed by atoms with Crippen molar-refractivity contribution in [3.05, 3.63) is 0 Å². The molecule has 7 nitrogen and oxygen atoms in total. The molecule has 0 heterocycles. The van der Waals surface area contributed by atoms with E-state index in [2.05, 4.69) is 0 Å². The van der Waals surface area contributed by atoms with Gasteiger partial charge in [0, 0.05) is 0 Å². The van der Waals surface area contributed by atoms with E-state index in [-0.39, 0.29) is 0 Å². The van der Waals surface area contributed by atoms with E-state index in [1.165, 1.54) is 0 Å². The molecule has 0 radical (unpaired) electrons. The van der Waals surface area contributed by atoms with Gasteiger partial charge in [-0.25, -0.2) is 4.79 Å². The molecule has 0 aliphatic carbocycles. The minimum atomic E-state index is -2.20. The number of aliphatic hydroxyl groups excluding tert-OH is 1. The molecule has 0 aliphatic rings. The van der Waals surface area contributed by atoms with Crippen LogP contribution in [0.2, 0.25) is 0 Å². The third-order valence-electron chi connectivity index (χ3n) is 1.35. The molecule has 0 aromatic heterocycles. The van der Waals surface area contributed by atoms with E-state index in [1.807, 2.05) is 0 Å². The van der Waals surface area contributed by atoms with Crippen LogP contribution >= 0.6 is 0 Å². The van der Waals surface area contributed by atoms with Crippen molar-refractivity contribution >= 4 is 17.9 Å². The lowest BCUT2D eigenvalue weighted by molar-refractivity contribution is -0.162. The summed E-state index contributed by atoms with van der Waals surface area (Å²) >= 11 is 0. The molecular weight excluding hydrogens is 185 g/mol. The van der Waals surface area contributed by atoms with Gasteiger partial charge in [0.25, 0.3) is 0 Å². The van der Waals surface area contributed by atoms with E-state index in [9.17, 15) is 14.4 Å². The van der Waals surface area contributed by atoms with E-state index in [0.717, 1.165) is 0 Å². The maximum Gasteiger partial charge on any atom is 0.333 e. The summed E-state index contributed by atoms with van der Waals surface area (Å²) < 4.78 is 0. The van der Waals surface area contributed by atoms with Gasteiger partial charge in [0.1, 0.15) is 5.92 Å². The second kappa shape index (κ2) is 4.41. The molecule has 0 saturated carbocycles. The van der Waals surface area contributed by atoms with Crippen molar-refractivity contribution in [2.45, 2.75) is 12.5 Å². The highest BCUT2D eigenvalue weighted by Crippen LogP contribution is 2.09. The Balaban J connectivity index is 4.51. The highest BCUT2D eigenvalue weighted by Gasteiger charge is 2.33. The number of hydrogen-bond acceptors (Lipinski definition) is 4. The summed E-state index contributed by atoms with van der Waals surface area (Å²) in [5.41, 5.74) is 0. The number of carbonyl (C=O) groups is 3. The molecule has 13 heavy (non-hydrogen) atoms. The molecule has 74 valence electrons. The maximum atomic E-state index is 10.3. The molecule has 0 amide bonds. The molecule has 0 aliphatic heterocycles. The van der Waals surface area contributed by atoms with E-state index in [1.54, 1.807) is 0 Å². The summed E-state index contributed by atoms with van der Waals surface area (Å²) in [6.45, 7) is 0. The molecule has 2 atom stereocenters. The Bertz CT molecular complexity index is 233. The predicted octanol–water partition coefficient (Wildman–Crippen LogP) is -1.39. The number of aliphatic hydroxyl groups is 1. The van der Waals surface area contributed by atoms with Crippen LogP contribution in [-0.2, 0) is 14.4 Å². The number of hydrogen-bond donors (Lipinski definition) is 4. The lowest BCUT2D eigenvalue weighted by Crippen LogP contribution is -2.36. The van der Waals surface area contributed by atoms with Crippen LogP contribution in [0.3, 0.4) is 0 Å². The van der Waals surface area contributed by atoms with Gasteiger partial charge in [-0.3, -0.25) is 9.59 Å². The van der Waals surface area contributed by atoms with Crippen LogP contribution in [0, 0.1) is 5.92 Å². The predicted molar refractivity (Wildman–Crippen MR) is 37.0 cm³/mol. The fraction of sp³-hybridized carbons (Fsp3) is 0.500. The normalized spacial score (nSPS) is 14.5. The summed E-state index contributed by atoms with van der Waals surface area (Å²) in [7, 11) is 0. The van der Waals surface area contributed by atoms with Gasteiger partial charge in [-0.1, -0.05) is 0 Å². The zero-order chi connectivity index (χ0) is 10.6. The Hall–Kier alpha value is -1.63. The van der Waals surface area contributed by atoms with Gasteiger partial charge >= 0.3 is 17.9 Å². The molecule has 0 rings (SSSR count). The van der Waals surface area contributed by atoms with Crippen molar-refractivity contribution in [2.24, 2.45) is 5.92 Å². The average molecular weight is 193 g/mol. The molecule has 0 bridgehead atoms. The first-order valence-corrected chi connectivity index (χ1v) is 3.21. The first-order chi connectivity index (χ1) is 5.86. The van der Waals surface area contributed by atoms with Crippen molar-refractivity contribution < 1.29 is 34.8 Å². The van der Waals surface area contributed by atoms with Crippen molar-refractivity contribution in [2.75, 3.05) is 0 Å². The molecule has 0 saturated heterocycles. The smallest absolute Gasteiger partial charge is 0.333 e. The third kappa shape index (κ3) is 3.52. The summed E-state index contributed by atoms with van der Waals surface area (Å²) in [6.07, 6.45) is -3.13. The van der Waals surface area contributed by atoms with Crippen LogP contribution in [-0.4, -0.2) is 44.4 Å². The Kier molecular flexibility index (Phi) is 3.86. The molecule has 0 unspecified atom stereocenters. The Morgan fingerprint density at radius 2 is 1.46 bits per heavy atom. The third-order valence-corrected chi connectivity index (χ3v) is 1.35. The number of rotatable bonds is 5. The van der Waals surface area contributed by atoms with Crippen LogP contribution in [0.4, 0.5) is 0 Å². The first kappa shape index (κ1) is 11.4. The fourth-order valence-corrected chi connectivity index (χ4v) is 0.694. The van der Waals surface area contributed by atoms with Gasteiger partial charge in [-0.05, 0) is 0 Å². The maximum absolute atomic E-state index is 10.3. The zero-order valence-corrected chi connectivity index (χ0v) is 6.38. The van der Waals surface area contributed by atoms with Gasteiger partial charge in [0.15, 0.2) is 6.10 Å². The van der Waals surface area contributed by atoms with Gasteiger partial charge in [-0.2, -0.15) is 0 Å². The minimum Gasteiger partial charge on any atom is -0.481 e. The Morgan fingerprint density at radius 1 is 1.00 bits per heavy atom. The average Bonchev–Trinajstić information content (AvgIpc) is 1.97. The van der Waals surface area contributed by atoms with Crippen molar-refractivity contribution in [3.63, 3.8) is 0 Å². The van der Waals surface area contributed by atoms with Crippen LogP contribution in [0.15, 0.2) is 0 Å². The van der Waals surface area contributed by atoms with Crippen LogP contribution in [0.1, 0.15) is 6.42 Å². The van der Waals surface area contributed by atoms with Crippen molar-refractivity contribution in [3.8, 4) is 0 Å².